The van der Waals surface area contributed by atoms with Gasteiger partial charge in [-0.05, 0) is 39.3 Å². The van der Waals surface area contributed by atoms with E-state index in [0.29, 0.717) is 11.4 Å². The van der Waals surface area contributed by atoms with Gasteiger partial charge in [0.1, 0.15) is 0 Å². The summed E-state index contributed by atoms with van der Waals surface area (Å²) in [5.41, 5.74) is 1.40. The van der Waals surface area contributed by atoms with Crippen LogP contribution in [0.3, 0.4) is 0 Å². The van der Waals surface area contributed by atoms with Crippen LogP contribution in [0.4, 0.5) is 5.69 Å². The van der Waals surface area contributed by atoms with Gasteiger partial charge in [-0.2, -0.15) is 0 Å². The zero-order valence-corrected chi connectivity index (χ0v) is 19.6. The van der Waals surface area contributed by atoms with Crippen molar-refractivity contribution in [3.05, 3.63) is 68.5 Å². The van der Waals surface area contributed by atoms with E-state index < -0.39 is 28.9 Å². The number of aromatic nitrogens is 1. The molecule has 0 spiro atoms. The van der Waals surface area contributed by atoms with Gasteiger partial charge in [0.2, 0.25) is 0 Å². The Morgan fingerprint density at radius 1 is 0.941 bits per heavy atom. The molecule has 0 unspecified atom stereocenters. The number of esters is 3. The number of methoxy groups -OCH3 is 2. The molecule has 3 aromatic rings. The van der Waals surface area contributed by atoms with Gasteiger partial charge in [-0.25, -0.2) is 14.4 Å². The molecule has 0 bridgehead atoms. The van der Waals surface area contributed by atoms with Crippen LogP contribution in [0.25, 0.3) is 16.6 Å². The Bertz CT molecular complexity index is 1340. The Labute approximate surface area is 195 Å². The molecule has 1 aromatic carbocycles. The summed E-state index contributed by atoms with van der Waals surface area (Å²) in [7, 11) is 2.41. The van der Waals surface area contributed by atoms with Crippen molar-refractivity contribution in [3.63, 3.8) is 0 Å². The van der Waals surface area contributed by atoms with Gasteiger partial charge >= 0.3 is 17.9 Å². The van der Waals surface area contributed by atoms with Gasteiger partial charge in [0, 0.05) is 29.1 Å². The number of carbonyl (C=O) groups excluding carboxylic acids is 3. The van der Waals surface area contributed by atoms with Gasteiger partial charge in [-0.15, -0.1) is 0 Å². The van der Waals surface area contributed by atoms with Gasteiger partial charge in [-0.1, -0.05) is 12.1 Å². The number of non-ortho nitro benzene ring substituents is 1. The van der Waals surface area contributed by atoms with Crippen LogP contribution in [0.5, 0.6) is 0 Å². The molecule has 2 heterocycles. The topological polar surface area (TPSA) is 126 Å². The predicted molar refractivity (Wildman–Crippen MR) is 122 cm³/mol. The Balaban J connectivity index is 2.59. The van der Waals surface area contributed by atoms with Gasteiger partial charge in [0.15, 0.2) is 0 Å². The second-order valence-electron chi connectivity index (χ2n) is 7.82. The Morgan fingerprint density at radius 3 is 2.15 bits per heavy atom. The third kappa shape index (κ3) is 4.09. The predicted octanol–water partition coefficient (Wildman–Crippen LogP) is 4.27. The SMILES string of the molecule is COC(=O)c1cc2c(C(=O)OC)c(-c3cccc([N+](=O)[O-])c3)c(C(=O)OC(C)C)c(C)n2c1C. The zero-order chi connectivity index (χ0) is 25.3. The molecule has 0 N–H and O–H groups in total. The minimum atomic E-state index is -0.793. The summed E-state index contributed by atoms with van der Waals surface area (Å²) in [5, 5.41) is 11.4. The monoisotopic (exact) mass is 468 g/mol. The molecule has 0 aliphatic rings. The molecule has 0 fully saturated rings. The van der Waals surface area contributed by atoms with Gasteiger partial charge in [-0.3, -0.25) is 10.1 Å². The number of nitro benzene ring substituents is 1. The number of hydrogen-bond acceptors (Lipinski definition) is 8. The third-order valence-electron chi connectivity index (χ3n) is 5.39. The van der Waals surface area contributed by atoms with Gasteiger partial charge < -0.3 is 18.6 Å². The van der Waals surface area contributed by atoms with Crippen LogP contribution in [0, 0.1) is 24.0 Å². The van der Waals surface area contributed by atoms with E-state index in [0.717, 1.165) is 0 Å². The highest BCUT2D eigenvalue weighted by molar-refractivity contribution is 6.12. The maximum absolute atomic E-state index is 13.3. The molecule has 0 aliphatic heterocycles. The number of fused-ring (bicyclic) bond motifs is 1. The van der Waals surface area contributed by atoms with E-state index in [1.165, 1.54) is 38.5 Å². The normalized spacial score (nSPS) is 10.9. The molecule has 34 heavy (non-hydrogen) atoms. The Morgan fingerprint density at radius 2 is 1.59 bits per heavy atom. The summed E-state index contributed by atoms with van der Waals surface area (Å²) < 4.78 is 16.9. The lowest BCUT2D eigenvalue weighted by atomic mass is 9.92. The first-order chi connectivity index (χ1) is 16.0. The molecule has 0 amide bonds. The number of rotatable bonds is 6. The minimum absolute atomic E-state index is 0.0252. The largest absolute Gasteiger partial charge is 0.465 e. The van der Waals surface area contributed by atoms with Crippen molar-refractivity contribution in [3.8, 4) is 11.1 Å². The average molecular weight is 468 g/mol. The number of nitro groups is 1. The lowest BCUT2D eigenvalue weighted by molar-refractivity contribution is -0.384. The van der Waals surface area contributed by atoms with Crippen molar-refractivity contribution in [1.29, 1.82) is 0 Å². The molecule has 0 radical (unpaired) electrons. The Hall–Kier alpha value is -4.21. The van der Waals surface area contributed by atoms with E-state index >= 15 is 0 Å². The molecule has 0 aliphatic carbocycles. The Kier molecular flexibility index (Phi) is 6.71. The summed E-state index contributed by atoms with van der Waals surface area (Å²) in [6.45, 7) is 6.64. The number of benzene rings is 1. The van der Waals surface area contributed by atoms with Crippen molar-refractivity contribution in [1.82, 2.24) is 4.40 Å². The van der Waals surface area contributed by atoms with Crippen LogP contribution in [-0.4, -0.2) is 47.6 Å². The van der Waals surface area contributed by atoms with E-state index in [1.54, 1.807) is 38.2 Å². The number of ether oxygens (including phenoxy) is 3. The highest BCUT2D eigenvalue weighted by Crippen LogP contribution is 2.38. The maximum Gasteiger partial charge on any atom is 0.340 e. The fourth-order valence-electron chi connectivity index (χ4n) is 3.98. The highest BCUT2D eigenvalue weighted by atomic mass is 16.6. The molecule has 10 heteroatoms. The molecule has 2 aromatic heterocycles. The number of aryl methyl sites for hydroxylation is 2. The fraction of sp³-hybridized carbons (Fsp3) is 0.292. The van der Waals surface area contributed by atoms with Crippen molar-refractivity contribution in [2.24, 2.45) is 0 Å². The van der Waals surface area contributed by atoms with Crippen LogP contribution < -0.4 is 0 Å². The van der Waals surface area contributed by atoms with Crippen molar-refractivity contribution in [2.75, 3.05) is 14.2 Å². The van der Waals surface area contributed by atoms with E-state index in [-0.39, 0.29) is 39.0 Å². The fourth-order valence-corrected chi connectivity index (χ4v) is 3.98. The van der Waals surface area contributed by atoms with Crippen LogP contribution in [0.2, 0.25) is 0 Å². The second kappa shape index (κ2) is 9.34. The van der Waals surface area contributed by atoms with Gasteiger partial charge in [0.25, 0.3) is 5.69 Å². The standard InChI is InChI=1S/C24H24N2O8/c1-12(2)34-24(29)19-14(4)25-13(3)17(22(27)32-5)11-18(25)21(23(28)33-6)20(19)15-8-7-9-16(10-15)26(30)31/h7-12H,1-6H3. The smallest absolute Gasteiger partial charge is 0.340 e. The molecule has 178 valence electrons. The van der Waals surface area contributed by atoms with E-state index in [4.69, 9.17) is 14.2 Å². The molecular formula is C24H24N2O8. The van der Waals surface area contributed by atoms with Gasteiger partial charge in [0.05, 0.1) is 47.5 Å². The minimum Gasteiger partial charge on any atom is -0.465 e. The van der Waals surface area contributed by atoms with Crippen LogP contribution in [0.15, 0.2) is 30.3 Å². The lowest BCUT2D eigenvalue weighted by Crippen LogP contribution is -2.19. The first-order valence-electron chi connectivity index (χ1n) is 10.3. The molecular weight excluding hydrogens is 444 g/mol. The zero-order valence-electron chi connectivity index (χ0n) is 19.6. The quantitative estimate of drug-likeness (QED) is 0.227. The van der Waals surface area contributed by atoms with E-state index in [1.807, 2.05) is 0 Å². The molecule has 0 saturated heterocycles. The second-order valence-corrected chi connectivity index (χ2v) is 7.82. The average Bonchev–Trinajstić information content (AvgIpc) is 3.14. The summed E-state index contributed by atoms with van der Waals surface area (Å²) in [5.74, 6) is -2.15. The number of hydrogen-bond donors (Lipinski definition) is 0. The van der Waals surface area contributed by atoms with Crippen molar-refractivity contribution in [2.45, 2.75) is 33.8 Å². The molecule has 0 saturated carbocycles. The van der Waals surface area contributed by atoms with Crippen LogP contribution in [0.1, 0.15) is 56.3 Å². The van der Waals surface area contributed by atoms with E-state index in [2.05, 4.69) is 0 Å². The van der Waals surface area contributed by atoms with Crippen LogP contribution >= 0.6 is 0 Å². The molecule has 3 rings (SSSR count). The van der Waals surface area contributed by atoms with Crippen molar-refractivity contribution >= 4 is 29.1 Å². The van der Waals surface area contributed by atoms with E-state index in [9.17, 15) is 24.5 Å². The third-order valence-corrected chi connectivity index (χ3v) is 5.39. The maximum atomic E-state index is 13.3. The van der Waals surface area contributed by atoms with Crippen molar-refractivity contribution < 1.29 is 33.5 Å². The number of pyridine rings is 1. The summed E-state index contributed by atoms with van der Waals surface area (Å²) in [6.07, 6.45) is -0.474. The summed E-state index contributed by atoms with van der Waals surface area (Å²) in [6, 6.07) is 7.04. The van der Waals surface area contributed by atoms with Crippen LogP contribution in [-0.2, 0) is 14.2 Å². The summed E-state index contributed by atoms with van der Waals surface area (Å²) >= 11 is 0. The molecule has 0 atom stereocenters. The molecule has 10 nitrogen and oxygen atoms in total. The first-order valence-corrected chi connectivity index (χ1v) is 10.3. The lowest BCUT2D eigenvalue weighted by Gasteiger charge is -2.20. The first kappa shape index (κ1) is 24.4. The highest BCUT2D eigenvalue weighted by Gasteiger charge is 2.31. The summed E-state index contributed by atoms with van der Waals surface area (Å²) in [4.78, 5) is 49.6. The number of nitrogens with zero attached hydrogens (tertiary/aromatic N) is 2. The number of carbonyl (C=O) groups is 3.